The fraction of sp³-hybridized carbons (Fsp3) is 0.0588. The van der Waals surface area contributed by atoms with Gasteiger partial charge in [0.05, 0.1) is 0 Å². The Morgan fingerprint density at radius 2 is 0.865 bits per heavy atom. The second-order valence-corrected chi connectivity index (χ2v) is 15.9. The molecule has 0 nitrogen and oxygen atoms in total. The third-order valence-electron chi connectivity index (χ3n) is 11.6. The van der Waals surface area contributed by atoms with Gasteiger partial charge in [-0.25, -0.2) is 0 Å². The Morgan fingerprint density at radius 1 is 0.346 bits per heavy atom. The van der Waals surface area contributed by atoms with Crippen LogP contribution in [0.4, 0.5) is 0 Å². The van der Waals surface area contributed by atoms with Crippen molar-refractivity contribution < 1.29 is 0 Å². The van der Waals surface area contributed by atoms with Gasteiger partial charge in [0.1, 0.15) is 0 Å². The van der Waals surface area contributed by atoms with Gasteiger partial charge in [-0.15, -0.1) is 11.3 Å². The molecule has 0 amide bonds. The normalized spacial score (nSPS) is 13.3. The van der Waals surface area contributed by atoms with Crippen LogP contribution in [0.1, 0.15) is 25.0 Å². The average molecular weight is 679 g/mol. The van der Waals surface area contributed by atoms with Crippen LogP contribution in [0.25, 0.3) is 97.0 Å². The molecule has 244 valence electrons. The molecule has 0 radical (unpaired) electrons. The maximum absolute atomic E-state index is 2.43. The second kappa shape index (κ2) is 11.0. The van der Waals surface area contributed by atoms with Crippen molar-refractivity contribution in [2.24, 2.45) is 0 Å². The first-order valence-corrected chi connectivity index (χ1v) is 19.0. The van der Waals surface area contributed by atoms with Gasteiger partial charge in [-0.2, -0.15) is 0 Å². The number of thiophene rings is 1. The van der Waals surface area contributed by atoms with Crippen molar-refractivity contribution in [2.45, 2.75) is 19.3 Å². The highest BCUT2D eigenvalue weighted by Gasteiger charge is 2.35. The third kappa shape index (κ3) is 4.27. The molecule has 0 spiro atoms. The van der Waals surface area contributed by atoms with E-state index in [9.17, 15) is 0 Å². The minimum absolute atomic E-state index is 0.0459. The van der Waals surface area contributed by atoms with Crippen molar-refractivity contribution in [3.63, 3.8) is 0 Å². The molecule has 0 saturated heterocycles. The zero-order chi connectivity index (χ0) is 34.6. The first-order chi connectivity index (χ1) is 25.5. The lowest BCUT2D eigenvalue weighted by Gasteiger charge is -2.22. The molecule has 1 aliphatic rings. The topological polar surface area (TPSA) is 0 Å². The van der Waals surface area contributed by atoms with Crippen LogP contribution in [0.15, 0.2) is 170 Å². The summed E-state index contributed by atoms with van der Waals surface area (Å²) >= 11 is 1.88. The lowest BCUT2D eigenvalue weighted by Crippen LogP contribution is -2.14. The maximum atomic E-state index is 2.43. The summed E-state index contributed by atoms with van der Waals surface area (Å²) in [5.41, 5.74) is 13.1. The largest absolute Gasteiger partial charge is 0.135 e. The Labute approximate surface area is 307 Å². The van der Waals surface area contributed by atoms with E-state index in [-0.39, 0.29) is 5.41 Å². The van der Waals surface area contributed by atoms with E-state index in [4.69, 9.17) is 0 Å². The van der Waals surface area contributed by atoms with Crippen molar-refractivity contribution >= 4 is 63.8 Å². The van der Waals surface area contributed by atoms with Crippen LogP contribution in [0.5, 0.6) is 0 Å². The maximum Gasteiger partial charge on any atom is 0.0355 e. The zero-order valence-corrected chi connectivity index (χ0v) is 29.9. The van der Waals surface area contributed by atoms with Crippen molar-refractivity contribution in [2.75, 3.05) is 0 Å². The van der Waals surface area contributed by atoms with E-state index in [1.165, 1.54) is 108 Å². The molecule has 0 bridgehead atoms. The molecule has 1 heterocycles. The summed E-state index contributed by atoms with van der Waals surface area (Å²) in [5, 5.41) is 10.4. The van der Waals surface area contributed by atoms with E-state index < -0.39 is 0 Å². The summed E-state index contributed by atoms with van der Waals surface area (Å²) in [4.78, 5) is 0. The Bertz CT molecular complexity index is 3040. The molecule has 0 saturated carbocycles. The Hall–Kier alpha value is -6.02. The van der Waals surface area contributed by atoms with Crippen LogP contribution in [0, 0.1) is 0 Å². The summed E-state index contributed by atoms with van der Waals surface area (Å²) in [5.74, 6) is 0. The van der Waals surface area contributed by atoms with Crippen LogP contribution < -0.4 is 0 Å². The van der Waals surface area contributed by atoms with Crippen molar-refractivity contribution in [1.29, 1.82) is 0 Å². The lowest BCUT2D eigenvalue weighted by molar-refractivity contribution is 0.661. The fourth-order valence-electron chi connectivity index (χ4n) is 9.10. The lowest BCUT2D eigenvalue weighted by atomic mass is 9.81. The summed E-state index contributed by atoms with van der Waals surface area (Å²) in [6, 6.07) is 63.7. The van der Waals surface area contributed by atoms with Gasteiger partial charge in [0.25, 0.3) is 0 Å². The van der Waals surface area contributed by atoms with Gasteiger partial charge < -0.3 is 0 Å². The van der Waals surface area contributed by atoms with Crippen molar-refractivity contribution in [3.05, 3.63) is 181 Å². The highest BCUT2D eigenvalue weighted by molar-refractivity contribution is 7.25. The van der Waals surface area contributed by atoms with Crippen LogP contribution in [-0.2, 0) is 5.41 Å². The molecule has 0 unspecified atom stereocenters. The van der Waals surface area contributed by atoms with E-state index in [1.54, 1.807) is 0 Å². The van der Waals surface area contributed by atoms with Crippen LogP contribution in [-0.4, -0.2) is 0 Å². The average Bonchev–Trinajstić information content (AvgIpc) is 3.67. The SMILES string of the molecule is CC1(C)c2ccc(-c3cccc(-c4c5ccccc5c(-c5ccc6sc7ccccc7c6c5)c5ccccc45)c3)cc2-c2cc3ccccc3cc21. The summed E-state index contributed by atoms with van der Waals surface area (Å²) in [7, 11) is 0. The first-order valence-electron chi connectivity index (χ1n) is 18.2. The van der Waals surface area contributed by atoms with Gasteiger partial charge in [0, 0.05) is 25.6 Å². The van der Waals surface area contributed by atoms with Crippen LogP contribution in [0.2, 0.25) is 0 Å². The minimum Gasteiger partial charge on any atom is -0.135 e. The van der Waals surface area contributed by atoms with Gasteiger partial charge >= 0.3 is 0 Å². The standard InChI is InChI=1S/C51H34S/c1-51(2)45-24-22-34(28-42(45)43-27-32-12-3-4-13-33(32)30-46(43)51)31-14-11-15-35(26-31)49-38-17-5-7-19-40(38)50(41-20-8-6-18-39(41)49)36-23-25-48-44(29-36)37-16-9-10-21-47(37)52-48/h3-30H,1-2H3. The second-order valence-electron chi connectivity index (χ2n) is 14.9. The van der Waals surface area contributed by atoms with Crippen molar-refractivity contribution in [1.82, 2.24) is 0 Å². The molecule has 11 rings (SSSR count). The summed E-state index contributed by atoms with van der Waals surface area (Å²) < 4.78 is 2.67. The highest BCUT2D eigenvalue weighted by Crippen LogP contribution is 2.51. The molecule has 0 aliphatic heterocycles. The summed E-state index contributed by atoms with van der Waals surface area (Å²) in [6.07, 6.45) is 0. The van der Waals surface area contributed by atoms with Crippen molar-refractivity contribution in [3.8, 4) is 44.5 Å². The van der Waals surface area contributed by atoms with Gasteiger partial charge in [0.15, 0.2) is 0 Å². The smallest absolute Gasteiger partial charge is 0.0355 e. The van der Waals surface area contributed by atoms with E-state index in [0.29, 0.717) is 0 Å². The molecular weight excluding hydrogens is 645 g/mol. The quantitative estimate of drug-likeness (QED) is 0.163. The Balaban J connectivity index is 1.10. The van der Waals surface area contributed by atoms with Crippen LogP contribution in [0.3, 0.4) is 0 Å². The molecule has 10 aromatic rings. The predicted octanol–water partition coefficient (Wildman–Crippen LogP) is 14.8. The molecule has 1 heteroatoms. The molecule has 9 aromatic carbocycles. The molecule has 0 fully saturated rings. The fourth-order valence-corrected chi connectivity index (χ4v) is 10.2. The third-order valence-corrected chi connectivity index (χ3v) is 12.8. The van der Waals surface area contributed by atoms with Gasteiger partial charge in [-0.3, -0.25) is 0 Å². The van der Waals surface area contributed by atoms with Gasteiger partial charge in [-0.1, -0.05) is 141 Å². The molecule has 0 N–H and O–H groups in total. The number of hydrogen-bond acceptors (Lipinski definition) is 1. The first kappa shape index (κ1) is 29.7. The van der Waals surface area contributed by atoms with Gasteiger partial charge in [0.2, 0.25) is 0 Å². The Kier molecular flexibility index (Phi) is 6.27. The highest BCUT2D eigenvalue weighted by atomic mass is 32.1. The number of rotatable bonds is 3. The Morgan fingerprint density at radius 3 is 1.58 bits per heavy atom. The number of fused-ring (bicyclic) bond motifs is 9. The number of hydrogen-bond donors (Lipinski definition) is 0. The number of benzene rings is 9. The molecule has 1 aromatic heterocycles. The van der Waals surface area contributed by atoms with E-state index in [2.05, 4.69) is 184 Å². The predicted molar refractivity (Wildman–Crippen MR) is 226 cm³/mol. The monoisotopic (exact) mass is 678 g/mol. The van der Waals surface area contributed by atoms with E-state index in [0.717, 1.165) is 0 Å². The van der Waals surface area contributed by atoms with Gasteiger partial charge in [-0.05, 0) is 130 Å². The minimum atomic E-state index is -0.0459. The molecule has 52 heavy (non-hydrogen) atoms. The summed E-state index contributed by atoms with van der Waals surface area (Å²) in [6.45, 7) is 4.74. The van der Waals surface area contributed by atoms with E-state index >= 15 is 0 Å². The zero-order valence-electron chi connectivity index (χ0n) is 29.1. The molecule has 1 aliphatic carbocycles. The molecule has 0 atom stereocenters. The molecular formula is C51H34S. The van der Waals surface area contributed by atoms with Crippen LogP contribution >= 0.6 is 11.3 Å². The van der Waals surface area contributed by atoms with E-state index in [1.807, 2.05) is 11.3 Å².